The molecule has 4 N–H and O–H groups in total. The van der Waals surface area contributed by atoms with E-state index in [-0.39, 0.29) is 0 Å². The summed E-state index contributed by atoms with van der Waals surface area (Å²) < 4.78 is 5.39. The molecule has 0 aromatic carbocycles. The van der Waals surface area contributed by atoms with E-state index in [0.717, 1.165) is 48.5 Å². The standard InChI is InChI=1S/C13H19N5OS/c1-2-9-7-10-11(15-8-3-5-19-6-4-8)16-13(18-14)17-12(10)20-9/h7-8H,2-6,14H2,1H3,(H2,15,16,17,18). The molecule has 2 aromatic rings. The molecule has 20 heavy (non-hydrogen) atoms. The average Bonchev–Trinajstić information content (AvgIpc) is 2.91. The highest BCUT2D eigenvalue weighted by Gasteiger charge is 2.17. The lowest BCUT2D eigenvalue weighted by Gasteiger charge is -2.24. The van der Waals surface area contributed by atoms with E-state index in [1.54, 1.807) is 11.3 Å². The zero-order valence-electron chi connectivity index (χ0n) is 11.5. The molecule has 2 aromatic heterocycles. The number of aryl methyl sites for hydroxylation is 1. The van der Waals surface area contributed by atoms with E-state index >= 15 is 0 Å². The van der Waals surface area contributed by atoms with Gasteiger partial charge in [-0.15, -0.1) is 11.3 Å². The maximum absolute atomic E-state index is 5.46. The van der Waals surface area contributed by atoms with Gasteiger partial charge < -0.3 is 10.1 Å². The summed E-state index contributed by atoms with van der Waals surface area (Å²) in [7, 11) is 0. The van der Waals surface area contributed by atoms with Crippen molar-refractivity contribution >= 4 is 33.3 Å². The third-order valence-corrected chi connectivity index (χ3v) is 4.66. The Hall–Kier alpha value is -1.44. The highest BCUT2D eigenvalue weighted by molar-refractivity contribution is 7.18. The first-order valence-electron chi connectivity index (χ1n) is 6.91. The minimum atomic E-state index is 0.400. The molecule has 0 radical (unpaired) electrons. The zero-order chi connectivity index (χ0) is 13.9. The maximum Gasteiger partial charge on any atom is 0.240 e. The lowest BCUT2D eigenvalue weighted by atomic mass is 10.1. The van der Waals surface area contributed by atoms with Crippen molar-refractivity contribution in [3.8, 4) is 0 Å². The Morgan fingerprint density at radius 2 is 2.20 bits per heavy atom. The van der Waals surface area contributed by atoms with Gasteiger partial charge in [0.05, 0.1) is 5.39 Å². The van der Waals surface area contributed by atoms with E-state index < -0.39 is 0 Å². The molecule has 3 heterocycles. The Morgan fingerprint density at radius 3 is 2.90 bits per heavy atom. The van der Waals surface area contributed by atoms with E-state index in [4.69, 9.17) is 10.6 Å². The molecule has 0 aliphatic carbocycles. The summed E-state index contributed by atoms with van der Waals surface area (Å²) in [5.41, 5.74) is 2.54. The average molecular weight is 293 g/mol. The molecule has 0 saturated carbocycles. The van der Waals surface area contributed by atoms with Gasteiger partial charge in [0.15, 0.2) is 0 Å². The molecular formula is C13H19N5OS. The van der Waals surface area contributed by atoms with E-state index in [1.165, 1.54) is 4.88 Å². The van der Waals surface area contributed by atoms with E-state index in [2.05, 4.69) is 33.7 Å². The second-order valence-corrected chi connectivity index (χ2v) is 5.97. The molecule has 1 aliphatic heterocycles. The molecule has 6 nitrogen and oxygen atoms in total. The number of thiophene rings is 1. The third kappa shape index (κ3) is 2.70. The molecule has 1 aliphatic rings. The number of anilines is 2. The molecule has 1 saturated heterocycles. The molecular weight excluding hydrogens is 274 g/mol. The van der Waals surface area contributed by atoms with Crippen LogP contribution in [0.1, 0.15) is 24.6 Å². The fourth-order valence-corrected chi connectivity index (χ4v) is 3.32. The van der Waals surface area contributed by atoms with Gasteiger partial charge in [-0.05, 0) is 25.3 Å². The second kappa shape index (κ2) is 5.90. The molecule has 0 spiro atoms. The number of nitrogens with one attached hydrogen (secondary N) is 2. The van der Waals surface area contributed by atoms with Gasteiger partial charge in [0.1, 0.15) is 10.6 Å². The lowest BCUT2D eigenvalue weighted by Crippen LogP contribution is -2.28. The Kier molecular flexibility index (Phi) is 4.00. The smallest absolute Gasteiger partial charge is 0.240 e. The number of aromatic nitrogens is 2. The quantitative estimate of drug-likeness (QED) is 0.591. The van der Waals surface area contributed by atoms with Crippen LogP contribution in [-0.2, 0) is 11.2 Å². The van der Waals surface area contributed by atoms with Crippen molar-refractivity contribution in [2.24, 2.45) is 5.84 Å². The van der Waals surface area contributed by atoms with Crippen molar-refractivity contribution in [2.45, 2.75) is 32.2 Å². The number of hydrogen-bond acceptors (Lipinski definition) is 7. The van der Waals surface area contributed by atoms with E-state index in [9.17, 15) is 0 Å². The summed E-state index contributed by atoms with van der Waals surface area (Å²) in [4.78, 5) is 11.2. The van der Waals surface area contributed by atoms with Gasteiger partial charge in [0, 0.05) is 24.1 Å². The first-order chi connectivity index (χ1) is 9.80. The summed E-state index contributed by atoms with van der Waals surface area (Å²) in [6, 6.07) is 2.57. The van der Waals surface area contributed by atoms with Gasteiger partial charge in [-0.3, -0.25) is 5.43 Å². The number of fused-ring (bicyclic) bond motifs is 1. The summed E-state index contributed by atoms with van der Waals surface area (Å²) in [5.74, 6) is 6.79. The normalized spacial score (nSPS) is 16.5. The van der Waals surface area contributed by atoms with E-state index in [0.29, 0.717) is 12.0 Å². The van der Waals surface area contributed by atoms with Crippen LogP contribution < -0.4 is 16.6 Å². The first kappa shape index (κ1) is 13.5. The predicted octanol–water partition coefficient (Wildman–Crippen LogP) is 2.13. The fraction of sp³-hybridized carbons (Fsp3) is 0.538. The highest BCUT2D eigenvalue weighted by atomic mass is 32.1. The first-order valence-corrected chi connectivity index (χ1v) is 7.73. The molecule has 0 atom stereocenters. The maximum atomic E-state index is 5.46. The number of hydrogen-bond donors (Lipinski definition) is 3. The van der Waals surface area contributed by atoms with Crippen LogP contribution in [0.4, 0.5) is 11.8 Å². The minimum Gasteiger partial charge on any atom is -0.381 e. The topological polar surface area (TPSA) is 85.1 Å². The van der Waals surface area contributed by atoms with Crippen LogP contribution in [0, 0.1) is 0 Å². The highest BCUT2D eigenvalue weighted by Crippen LogP contribution is 2.31. The lowest BCUT2D eigenvalue weighted by molar-refractivity contribution is 0.0904. The third-order valence-electron chi connectivity index (χ3n) is 3.48. The molecule has 0 bridgehead atoms. The van der Waals surface area contributed by atoms with Crippen molar-refractivity contribution in [3.05, 3.63) is 10.9 Å². The van der Waals surface area contributed by atoms with Crippen molar-refractivity contribution < 1.29 is 4.74 Å². The van der Waals surface area contributed by atoms with Gasteiger partial charge in [-0.2, -0.15) is 4.98 Å². The summed E-state index contributed by atoms with van der Waals surface area (Å²) in [6.07, 6.45) is 3.01. The monoisotopic (exact) mass is 293 g/mol. The van der Waals surface area contributed by atoms with Crippen LogP contribution in [0.5, 0.6) is 0 Å². The Morgan fingerprint density at radius 1 is 1.40 bits per heavy atom. The van der Waals surface area contributed by atoms with Gasteiger partial charge in [0.25, 0.3) is 0 Å². The Balaban J connectivity index is 1.95. The van der Waals surface area contributed by atoms with Gasteiger partial charge in [-0.25, -0.2) is 10.8 Å². The Labute approximate surface area is 121 Å². The number of nitrogen functional groups attached to an aromatic ring is 1. The molecule has 108 valence electrons. The largest absolute Gasteiger partial charge is 0.381 e. The number of ether oxygens (including phenoxy) is 1. The molecule has 7 heteroatoms. The summed E-state index contributed by atoms with van der Waals surface area (Å²) in [6.45, 7) is 3.75. The number of hydrazine groups is 1. The van der Waals surface area contributed by atoms with Crippen LogP contribution >= 0.6 is 11.3 Å². The Bertz CT molecular complexity index is 594. The van der Waals surface area contributed by atoms with Crippen molar-refractivity contribution in [1.29, 1.82) is 0 Å². The van der Waals surface area contributed by atoms with Crippen LogP contribution in [0.2, 0.25) is 0 Å². The molecule has 0 amide bonds. The second-order valence-electron chi connectivity index (χ2n) is 4.86. The SMILES string of the molecule is CCc1cc2c(NC3CCOCC3)nc(NN)nc2s1. The summed E-state index contributed by atoms with van der Waals surface area (Å²) >= 11 is 1.69. The van der Waals surface area contributed by atoms with Crippen LogP contribution in [0.3, 0.4) is 0 Å². The van der Waals surface area contributed by atoms with Crippen LogP contribution in [-0.4, -0.2) is 29.2 Å². The minimum absolute atomic E-state index is 0.400. The van der Waals surface area contributed by atoms with E-state index in [1.807, 2.05) is 0 Å². The van der Waals surface area contributed by atoms with Crippen LogP contribution in [0.25, 0.3) is 10.2 Å². The van der Waals surface area contributed by atoms with Crippen molar-refractivity contribution in [2.75, 3.05) is 24.0 Å². The van der Waals surface area contributed by atoms with Gasteiger partial charge in [-0.1, -0.05) is 6.92 Å². The molecule has 3 rings (SSSR count). The zero-order valence-corrected chi connectivity index (χ0v) is 12.3. The predicted molar refractivity (Wildman–Crippen MR) is 82.1 cm³/mol. The number of nitrogens with zero attached hydrogens (tertiary/aromatic N) is 2. The molecule has 0 unspecified atom stereocenters. The van der Waals surface area contributed by atoms with Crippen LogP contribution in [0.15, 0.2) is 6.07 Å². The number of nitrogens with two attached hydrogens (primary N) is 1. The van der Waals surface area contributed by atoms with Crippen molar-refractivity contribution in [3.63, 3.8) is 0 Å². The van der Waals surface area contributed by atoms with Gasteiger partial charge >= 0.3 is 0 Å². The van der Waals surface area contributed by atoms with Gasteiger partial charge in [0.2, 0.25) is 5.95 Å². The number of rotatable bonds is 4. The van der Waals surface area contributed by atoms with Crippen molar-refractivity contribution in [1.82, 2.24) is 9.97 Å². The summed E-state index contributed by atoms with van der Waals surface area (Å²) in [5, 5.41) is 4.60. The molecule has 1 fully saturated rings. The fourth-order valence-electron chi connectivity index (χ4n) is 2.36.